The van der Waals surface area contributed by atoms with E-state index in [9.17, 15) is 14.7 Å². The summed E-state index contributed by atoms with van der Waals surface area (Å²) in [6, 6.07) is 0. The molecule has 15 heavy (non-hydrogen) atoms. The Bertz CT molecular complexity index is 238. The number of aliphatic hydroxyl groups is 1. The fourth-order valence-electron chi connectivity index (χ4n) is 1.01. The molecule has 0 aliphatic heterocycles. The molecule has 0 aliphatic carbocycles. The molecule has 1 unspecified atom stereocenters. The lowest BCUT2D eigenvalue weighted by molar-refractivity contribution is -0.152. The number of rotatable bonds is 6. The highest BCUT2D eigenvalue weighted by molar-refractivity contribution is 5.79. The maximum atomic E-state index is 11.1. The molecular formula is C10H19NO4. The first-order chi connectivity index (χ1) is 6.81. The van der Waals surface area contributed by atoms with Crippen LogP contribution in [0.3, 0.4) is 0 Å². The van der Waals surface area contributed by atoms with Crippen LogP contribution in [-0.2, 0) is 14.3 Å². The van der Waals surface area contributed by atoms with E-state index in [0.29, 0.717) is 12.8 Å². The summed E-state index contributed by atoms with van der Waals surface area (Å²) in [7, 11) is 0. The number of ether oxygens (including phenoxy) is 1. The first-order valence-electron chi connectivity index (χ1n) is 4.94. The number of amides is 1. The Morgan fingerprint density at radius 1 is 1.47 bits per heavy atom. The summed E-state index contributed by atoms with van der Waals surface area (Å²) in [5, 5.41) is 9.43. The number of hydrogen-bond donors (Lipinski definition) is 2. The fraction of sp³-hybridized carbons (Fsp3) is 0.800. The zero-order valence-electron chi connectivity index (χ0n) is 9.45. The van der Waals surface area contributed by atoms with Crippen LogP contribution in [0.5, 0.6) is 0 Å². The average molecular weight is 217 g/mol. The molecule has 0 radical (unpaired) electrons. The van der Waals surface area contributed by atoms with Gasteiger partial charge in [0.05, 0.1) is 6.61 Å². The summed E-state index contributed by atoms with van der Waals surface area (Å²) in [6.45, 7) is 5.07. The first kappa shape index (κ1) is 13.9. The third-order valence-electron chi connectivity index (χ3n) is 2.07. The van der Waals surface area contributed by atoms with Crippen molar-refractivity contribution in [2.75, 3.05) is 6.61 Å². The van der Waals surface area contributed by atoms with Crippen LogP contribution < -0.4 is 5.73 Å². The fourth-order valence-corrected chi connectivity index (χ4v) is 1.01. The van der Waals surface area contributed by atoms with E-state index in [4.69, 9.17) is 10.5 Å². The second kappa shape index (κ2) is 5.70. The molecule has 1 amide bonds. The van der Waals surface area contributed by atoms with Crippen molar-refractivity contribution in [3.63, 3.8) is 0 Å². The van der Waals surface area contributed by atoms with Gasteiger partial charge in [-0.1, -0.05) is 20.8 Å². The lowest BCUT2D eigenvalue weighted by atomic mass is 9.87. The Kier molecular flexibility index (Phi) is 5.28. The minimum Gasteiger partial charge on any atom is -0.465 e. The Hall–Kier alpha value is -1.10. The van der Waals surface area contributed by atoms with E-state index in [2.05, 4.69) is 0 Å². The van der Waals surface area contributed by atoms with Gasteiger partial charge in [0.1, 0.15) is 6.10 Å². The summed E-state index contributed by atoms with van der Waals surface area (Å²) >= 11 is 0. The topological polar surface area (TPSA) is 89.6 Å². The minimum absolute atomic E-state index is 0.0179. The zero-order chi connectivity index (χ0) is 12.1. The summed E-state index contributed by atoms with van der Waals surface area (Å²) in [4.78, 5) is 21.8. The van der Waals surface area contributed by atoms with Gasteiger partial charge in [-0.25, -0.2) is 0 Å². The monoisotopic (exact) mass is 217 g/mol. The van der Waals surface area contributed by atoms with Crippen LogP contribution in [0.4, 0.5) is 0 Å². The molecular weight excluding hydrogens is 198 g/mol. The van der Waals surface area contributed by atoms with Gasteiger partial charge in [0.25, 0.3) is 0 Å². The van der Waals surface area contributed by atoms with E-state index in [1.54, 1.807) is 13.8 Å². The molecule has 5 heteroatoms. The van der Waals surface area contributed by atoms with Gasteiger partial charge in [0.15, 0.2) is 0 Å². The zero-order valence-corrected chi connectivity index (χ0v) is 9.45. The predicted octanol–water partition coefficient (Wildman–Crippen LogP) is 0.202. The van der Waals surface area contributed by atoms with Crippen molar-refractivity contribution in [3.8, 4) is 0 Å². The first-order valence-corrected chi connectivity index (χ1v) is 4.94. The second-order valence-corrected chi connectivity index (χ2v) is 4.20. The standard InChI is InChI=1S/C10H19NO4/c1-4-5-7(12)15-6-10(2,3)8(13)9(11)14/h8,13H,4-6H2,1-3H3,(H2,11,14). The van der Waals surface area contributed by atoms with Crippen molar-refractivity contribution in [2.45, 2.75) is 39.7 Å². The van der Waals surface area contributed by atoms with Crippen LogP contribution in [-0.4, -0.2) is 29.7 Å². The van der Waals surface area contributed by atoms with E-state index < -0.39 is 17.4 Å². The summed E-state index contributed by atoms with van der Waals surface area (Å²) in [5.41, 5.74) is 4.11. The number of esters is 1. The average Bonchev–Trinajstić information content (AvgIpc) is 2.14. The van der Waals surface area contributed by atoms with Crippen molar-refractivity contribution in [2.24, 2.45) is 11.1 Å². The third kappa shape index (κ3) is 4.78. The van der Waals surface area contributed by atoms with Crippen LogP contribution in [0.1, 0.15) is 33.6 Å². The van der Waals surface area contributed by atoms with Crippen LogP contribution in [0.2, 0.25) is 0 Å². The van der Waals surface area contributed by atoms with E-state index in [1.807, 2.05) is 6.92 Å². The number of carbonyl (C=O) groups is 2. The van der Waals surface area contributed by atoms with Gasteiger partial charge in [0.2, 0.25) is 5.91 Å². The van der Waals surface area contributed by atoms with Crippen LogP contribution in [0, 0.1) is 5.41 Å². The second-order valence-electron chi connectivity index (χ2n) is 4.20. The number of hydrogen-bond acceptors (Lipinski definition) is 4. The number of aliphatic hydroxyl groups excluding tert-OH is 1. The lowest BCUT2D eigenvalue weighted by Gasteiger charge is -2.27. The molecule has 0 aromatic rings. The van der Waals surface area contributed by atoms with Crippen molar-refractivity contribution >= 4 is 11.9 Å². The molecule has 5 nitrogen and oxygen atoms in total. The molecule has 0 bridgehead atoms. The SMILES string of the molecule is CCCC(=O)OCC(C)(C)C(O)C(N)=O. The quantitative estimate of drug-likeness (QED) is 0.622. The van der Waals surface area contributed by atoms with Gasteiger partial charge in [0, 0.05) is 11.8 Å². The van der Waals surface area contributed by atoms with Gasteiger partial charge in [-0.2, -0.15) is 0 Å². The van der Waals surface area contributed by atoms with Crippen LogP contribution >= 0.6 is 0 Å². The van der Waals surface area contributed by atoms with Crippen LogP contribution in [0.25, 0.3) is 0 Å². The van der Waals surface area contributed by atoms with Crippen LogP contribution in [0.15, 0.2) is 0 Å². The smallest absolute Gasteiger partial charge is 0.305 e. The summed E-state index contributed by atoms with van der Waals surface area (Å²) < 4.78 is 4.91. The molecule has 1 atom stereocenters. The minimum atomic E-state index is -1.31. The van der Waals surface area contributed by atoms with E-state index in [-0.39, 0.29) is 12.6 Å². The molecule has 0 fully saturated rings. The Labute approximate surface area is 89.6 Å². The molecule has 0 aromatic carbocycles. The van der Waals surface area contributed by atoms with E-state index in [1.165, 1.54) is 0 Å². The van der Waals surface area contributed by atoms with E-state index in [0.717, 1.165) is 0 Å². The number of nitrogens with two attached hydrogens (primary N) is 1. The van der Waals surface area contributed by atoms with Gasteiger partial charge >= 0.3 is 5.97 Å². The highest BCUT2D eigenvalue weighted by Gasteiger charge is 2.33. The molecule has 0 aromatic heterocycles. The molecule has 0 aliphatic rings. The van der Waals surface area contributed by atoms with Gasteiger partial charge in [-0.15, -0.1) is 0 Å². The largest absolute Gasteiger partial charge is 0.465 e. The predicted molar refractivity (Wildman–Crippen MR) is 54.8 cm³/mol. The van der Waals surface area contributed by atoms with Crippen molar-refractivity contribution in [1.29, 1.82) is 0 Å². The summed E-state index contributed by atoms with van der Waals surface area (Å²) in [6.07, 6.45) is -0.271. The molecule has 0 heterocycles. The van der Waals surface area contributed by atoms with Gasteiger partial charge in [-0.05, 0) is 6.42 Å². The third-order valence-corrected chi connectivity index (χ3v) is 2.07. The Balaban J connectivity index is 4.14. The number of carbonyl (C=O) groups excluding carboxylic acids is 2. The molecule has 0 saturated carbocycles. The molecule has 3 N–H and O–H groups in total. The maximum Gasteiger partial charge on any atom is 0.305 e. The maximum absolute atomic E-state index is 11.1. The highest BCUT2D eigenvalue weighted by Crippen LogP contribution is 2.21. The number of primary amides is 1. The summed E-state index contributed by atoms with van der Waals surface area (Å²) in [5.74, 6) is -1.14. The lowest BCUT2D eigenvalue weighted by Crippen LogP contribution is -2.43. The molecule has 0 saturated heterocycles. The van der Waals surface area contributed by atoms with Gasteiger partial charge < -0.3 is 15.6 Å². The van der Waals surface area contributed by atoms with E-state index >= 15 is 0 Å². The highest BCUT2D eigenvalue weighted by atomic mass is 16.5. The van der Waals surface area contributed by atoms with Crippen molar-refractivity contribution in [3.05, 3.63) is 0 Å². The Morgan fingerprint density at radius 3 is 2.40 bits per heavy atom. The normalized spacial score (nSPS) is 13.3. The molecule has 0 rings (SSSR count). The molecule has 88 valence electrons. The Morgan fingerprint density at radius 2 is 2.00 bits per heavy atom. The van der Waals surface area contributed by atoms with Crippen molar-refractivity contribution < 1.29 is 19.4 Å². The van der Waals surface area contributed by atoms with Crippen molar-refractivity contribution in [1.82, 2.24) is 0 Å². The molecule has 0 spiro atoms. The van der Waals surface area contributed by atoms with Gasteiger partial charge in [-0.3, -0.25) is 9.59 Å².